The predicted octanol–water partition coefficient (Wildman–Crippen LogP) is 4.07. The number of rotatable bonds is 2. The van der Waals surface area contributed by atoms with Crippen molar-refractivity contribution in [3.8, 4) is 17.1 Å². The average molecular weight is 295 g/mol. The molecule has 1 aromatic carbocycles. The van der Waals surface area contributed by atoms with E-state index in [2.05, 4.69) is 21.0 Å². The lowest BCUT2D eigenvalue weighted by molar-refractivity contribution is 0.993. The molecule has 0 aliphatic rings. The van der Waals surface area contributed by atoms with E-state index >= 15 is 0 Å². The molecule has 0 unspecified atom stereocenters. The minimum atomic E-state index is 0.726. The topological polar surface area (TPSA) is 46.5 Å². The molecular weight excluding hydrogens is 284 g/mol. The lowest BCUT2D eigenvalue weighted by Crippen LogP contribution is -1.93. The minimum Gasteiger partial charge on any atom is -0.354 e. The van der Waals surface area contributed by atoms with Crippen molar-refractivity contribution in [2.45, 2.75) is 0 Å². The van der Waals surface area contributed by atoms with Crippen LogP contribution in [0, 0.1) is 0 Å². The van der Waals surface area contributed by atoms with Gasteiger partial charge in [0.05, 0.1) is 0 Å². The smallest absolute Gasteiger partial charge is 0.137 e. The number of fused-ring (bicyclic) bond motifs is 1. The minimum absolute atomic E-state index is 0.726. The second-order valence-corrected chi connectivity index (χ2v) is 5.23. The molecule has 0 amide bonds. The second kappa shape index (κ2) is 4.75. The molecule has 102 valence electrons. The molecule has 4 rings (SSSR count). The first-order valence-corrected chi connectivity index (χ1v) is 6.90. The van der Waals surface area contributed by atoms with E-state index in [1.165, 1.54) is 0 Å². The molecule has 1 N–H and O–H groups in total. The molecule has 21 heavy (non-hydrogen) atoms. The number of halogens is 1. The maximum absolute atomic E-state index is 6.01. The van der Waals surface area contributed by atoms with Gasteiger partial charge in [-0.1, -0.05) is 17.7 Å². The third-order valence-corrected chi connectivity index (χ3v) is 3.65. The molecule has 0 saturated heterocycles. The third kappa shape index (κ3) is 2.19. The van der Waals surface area contributed by atoms with Crippen molar-refractivity contribution in [3.63, 3.8) is 0 Å². The summed E-state index contributed by atoms with van der Waals surface area (Å²) in [6, 6.07) is 11.9. The Bertz CT molecular complexity index is 892. The molecular formula is C16H11ClN4. The SMILES string of the molecule is Clc1ccc2cc(-c3ccc(-n4ccnc4)nc3)[nH]c2c1. The van der Waals surface area contributed by atoms with Gasteiger partial charge in [-0.2, -0.15) is 0 Å². The van der Waals surface area contributed by atoms with Gasteiger partial charge in [-0.15, -0.1) is 0 Å². The van der Waals surface area contributed by atoms with E-state index in [1.54, 1.807) is 12.5 Å². The van der Waals surface area contributed by atoms with E-state index in [0.717, 1.165) is 33.0 Å². The third-order valence-electron chi connectivity index (χ3n) is 3.41. The summed E-state index contributed by atoms with van der Waals surface area (Å²) < 4.78 is 1.87. The molecule has 4 aromatic rings. The molecule has 3 aromatic heterocycles. The number of H-pyrrole nitrogens is 1. The molecule has 0 radical (unpaired) electrons. The highest BCUT2D eigenvalue weighted by atomic mass is 35.5. The van der Waals surface area contributed by atoms with Crippen LogP contribution in [0.15, 0.2) is 61.3 Å². The lowest BCUT2D eigenvalue weighted by Gasteiger charge is -2.02. The molecule has 0 aliphatic carbocycles. The Balaban J connectivity index is 1.74. The van der Waals surface area contributed by atoms with Crippen LogP contribution in [0.25, 0.3) is 28.0 Å². The molecule has 0 saturated carbocycles. The fourth-order valence-electron chi connectivity index (χ4n) is 2.35. The first-order chi connectivity index (χ1) is 10.3. The molecule has 0 atom stereocenters. The van der Waals surface area contributed by atoms with E-state index in [-0.39, 0.29) is 0 Å². The first kappa shape index (κ1) is 12.2. The van der Waals surface area contributed by atoms with Crippen LogP contribution in [-0.4, -0.2) is 19.5 Å². The summed E-state index contributed by atoms with van der Waals surface area (Å²) in [6.45, 7) is 0. The van der Waals surface area contributed by atoms with E-state index in [1.807, 2.05) is 47.3 Å². The van der Waals surface area contributed by atoms with Crippen LogP contribution in [-0.2, 0) is 0 Å². The molecule has 0 bridgehead atoms. The Hall–Kier alpha value is -2.59. The van der Waals surface area contributed by atoms with Crippen molar-refractivity contribution in [2.24, 2.45) is 0 Å². The summed E-state index contributed by atoms with van der Waals surface area (Å²) in [4.78, 5) is 11.8. The fourth-order valence-corrected chi connectivity index (χ4v) is 2.52. The summed E-state index contributed by atoms with van der Waals surface area (Å²) in [7, 11) is 0. The quantitative estimate of drug-likeness (QED) is 0.606. The van der Waals surface area contributed by atoms with Gasteiger partial charge in [0.25, 0.3) is 0 Å². The number of imidazole rings is 1. The van der Waals surface area contributed by atoms with Crippen LogP contribution >= 0.6 is 11.6 Å². The van der Waals surface area contributed by atoms with E-state index in [4.69, 9.17) is 11.6 Å². The molecule has 5 heteroatoms. The summed E-state index contributed by atoms with van der Waals surface area (Å²) in [5.74, 6) is 0.843. The first-order valence-electron chi connectivity index (χ1n) is 6.53. The van der Waals surface area contributed by atoms with Gasteiger partial charge in [-0.05, 0) is 30.3 Å². The van der Waals surface area contributed by atoms with Crippen LogP contribution in [0.2, 0.25) is 5.02 Å². The number of benzene rings is 1. The Kier molecular flexibility index (Phi) is 2.75. The normalized spacial score (nSPS) is 11.1. The van der Waals surface area contributed by atoms with Crippen LogP contribution < -0.4 is 0 Å². The molecule has 0 spiro atoms. The number of nitrogens with zero attached hydrogens (tertiary/aromatic N) is 3. The maximum atomic E-state index is 6.01. The van der Waals surface area contributed by atoms with E-state index < -0.39 is 0 Å². The second-order valence-electron chi connectivity index (χ2n) is 4.79. The molecule has 0 fully saturated rings. The van der Waals surface area contributed by atoms with E-state index in [0.29, 0.717) is 0 Å². The standard InChI is InChI=1S/C16H11ClN4/c17-13-3-1-11-7-14(20-15(11)8-13)12-2-4-16(19-9-12)21-6-5-18-10-21/h1-10,20H. The predicted molar refractivity (Wildman–Crippen MR) is 83.7 cm³/mol. The highest BCUT2D eigenvalue weighted by Crippen LogP contribution is 2.26. The summed E-state index contributed by atoms with van der Waals surface area (Å²) >= 11 is 6.01. The van der Waals surface area contributed by atoms with Crippen LogP contribution in [0.3, 0.4) is 0 Å². The fraction of sp³-hybridized carbons (Fsp3) is 0. The van der Waals surface area contributed by atoms with Gasteiger partial charge in [-0.3, -0.25) is 4.57 Å². The largest absolute Gasteiger partial charge is 0.354 e. The number of hydrogen-bond acceptors (Lipinski definition) is 2. The average Bonchev–Trinajstić information content (AvgIpc) is 3.16. The Morgan fingerprint density at radius 2 is 2.05 bits per heavy atom. The zero-order valence-electron chi connectivity index (χ0n) is 11.0. The molecule has 4 nitrogen and oxygen atoms in total. The Morgan fingerprint density at radius 3 is 2.81 bits per heavy atom. The van der Waals surface area contributed by atoms with Gasteiger partial charge < -0.3 is 4.98 Å². The summed E-state index contributed by atoms with van der Waals surface area (Å²) in [5, 5.41) is 1.86. The number of hydrogen-bond donors (Lipinski definition) is 1. The lowest BCUT2D eigenvalue weighted by atomic mass is 10.2. The van der Waals surface area contributed by atoms with Crippen molar-refractivity contribution in [1.82, 2.24) is 19.5 Å². The van der Waals surface area contributed by atoms with Gasteiger partial charge in [0.15, 0.2) is 0 Å². The highest BCUT2D eigenvalue weighted by molar-refractivity contribution is 6.31. The molecule has 3 heterocycles. The highest BCUT2D eigenvalue weighted by Gasteiger charge is 2.05. The van der Waals surface area contributed by atoms with Crippen molar-refractivity contribution < 1.29 is 0 Å². The van der Waals surface area contributed by atoms with Gasteiger partial charge >= 0.3 is 0 Å². The van der Waals surface area contributed by atoms with Gasteiger partial charge in [0.1, 0.15) is 12.1 Å². The zero-order chi connectivity index (χ0) is 14.2. The van der Waals surface area contributed by atoms with Crippen molar-refractivity contribution in [2.75, 3.05) is 0 Å². The Labute approximate surface area is 126 Å². The Morgan fingerprint density at radius 1 is 1.10 bits per heavy atom. The number of nitrogens with one attached hydrogen (secondary N) is 1. The summed E-state index contributed by atoms with van der Waals surface area (Å²) in [5.41, 5.74) is 3.08. The summed E-state index contributed by atoms with van der Waals surface area (Å²) in [6.07, 6.45) is 7.18. The van der Waals surface area contributed by atoms with Crippen molar-refractivity contribution in [1.29, 1.82) is 0 Å². The zero-order valence-corrected chi connectivity index (χ0v) is 11.7. The van der Waals surface area contributed by atoms with Gasteiger partial charge in [-0.25, -0.2) is 9.97 Å². The van der Waals surface area contributed by atoms with Crippen molar-refractivity contribution >= 4 is 22.5 Å². The van der Waals surface area contributed by atoms with Crippen LogP contribution in [0.4, 0.5) is 0 Å². The number of pyridine rings is 1. The van der Waals surface area contributed by atoms with Gasteiger partial charge in [0, 0.05) is 45.8 Å². The maximum Gasteiger partial charge on any atom is 0.137 e. The molecule has 0 aliphatic heterocycles. The number of aromatic amines is 1. The van der Waals surface area contributed by atoms with Crippen molar-refractivity contribution in [3.05, 3.63) is 66.3 Å². The monoisotopic (exact) mass is 294 g/mol. The van der Waals surface area contributed by atoms with Crippen LogP contribution in [0.1, 0.15) is 0 Å². The van der Waals surface area contributed by atoms with Gasteiger partial charge in [0.2, 0.25) is 0 Å². The van der Waals surface area contributed by atoms with E-state index in [9.17, 15) is 0 Å². The number of aromatic nitrogens is 4. The van der Waals surface area contributed by atoms with Crippen LogP contribution in [0.5, 0.6) is 0 Å².